The number of aliphatic hydroxyl groups excluding tert-OH is 1. The molecular formula is C33H42N4O4. The molecule has 3 atom stereocenters. The summed E-state index contributed by atoms with van der Waals surface area (Å²) < 4.78 is 7.70. The Bertz CT molecular complexity index is 1320. The summed E-state index contributed by atoms with van der Waals surface area (Å²) in [5, 5.41) is 11.0. The van der Waals surface area contributed by atoms with Gasteiger partial charge in [0.05, 0.1) is 30.2 Å². The minimum Gasteiger partial charge on any atom is -0.444 e. The Kier molecular flexibility index (Phi) is 8.78. The Hall–Kier alpha value is -3.65. The molecule has 2 aliphatic rings. The van der Waals surface area contributed by atoms with Gasteiger partial charge in [-0.05, 0) is 45.6 Å². The van der Waals surface area contributed by atoms with Crippen molar-refractivity contribution in [1.29, 1.82) is 0 Å². The lowest BCUT2D eigenvalue weighted by molar-refractivity contribution is 0.00429. The zero-order valence-electron chi connectivity index (χ0n) is 24.4. The second-order valence-electron chi connectivity index (χ2n) is 12.3. The van der Waals surface area contributed by atoms with Crippen molar-refractivity contribution in [2.45, 2.75) is 83.1 Å². The molecule has 5 rings (SSSR count). The van der Waals surface area contributed by atoms with Crippen LogP contribution in [0.25, 0.3) is 11.3 Å². The minimum absolute atomic E-state index is 0.133. The van der Waals surface area contributed by atoms with Gasteiger partial charge in [-0.3, -0.25) is 4.79 Å². The molecule has 1 aromatic heterocycles. The Morgan fingerprint density at radius 3 is 2.34 bits per heavy atom. The summed E-state index contributed by atoms with van der Waals surface area (Å²) >= 11 is 0. The van der Waals surface area contributed by atoms with Crippen LogP contribution in [-0.2, 0) is 11.2 Å². The molecule has 2 amide bonds. The molecule has 0 bridgehead atoms. The number of carbonyl (C=O) groups excluding carboxylic acids is 2. The zero-order valence-corrected chi connectivity index (χ0v) is 24.4. The quantitative estimate of drug-likeness (QED) is 0.405. The lowest BCUT2D eigenvalue weighted by Gasteiger charge is -2.41. The van der Waals surface area contributed by atoms with E-state index in [4.69, 9.17) is 9.72 Å². The molecule has 2 unspecified atom stereocenters. The maximum atomic E-state index is 14.4. The molecule has 2 aromatic carbocycles. The van der Waals surface area contributed by atoms with E-state index in [1.165, 1.54) is 0 Å². The Labute approximate surface area is 242 Å². The molecule has 2 heterocycles. The SMILES string of the molecule is CC(C)(C)OC(=O)N1CCN(C(=O)c2ncn(C3CCCCCC3O)c2-c2ccccc2)[C@H](Cc2ccccc2)C1. The van der Waals surface area contributed by atoms with Gasteiger partial charge in [0.2, 0.25) is 0 Å². The van der Waals surface area contributed by atoms with E-state index in [-0.39, 0.29) is 24.1 Å². The summed E-state index contributed by atoms with van der Waals surface area (Å²) in [5.41, 5.74) is 2.53. The smallest absolute Gasteiger partial charge is 0.410 e. The number of amides is 2. The van der Waals surface area contributed by atoms with Gasteiger partial charge < -0.3 is 24.2 Å². The molecule has 1 saturated carbocycles. The molecule has 1 aliphatic carbocycles. The van der Waals surface area contributed by atoms with Crippen molar-refractivity contribution in [1.82, 2.24) is 19.4 Å². The summed E-state index contributed by atoms with van der Waals surface area (Å²) in [4.78, 5) is 35.7. The number of carbonyl (C=O) groups is 2. The number of hydrogen-bond acceptors (Lipinski definition) is 5. The fourth-order valence-electron chi connectivity index (χ4n) is 6.06. The normalized spacial score (nSPS) is 21.8. The Balaban J connectivity index is 1.49. The first-order chi connectivity index (χ1) is 19.7. The predicted octanol–water partition coefficient (Wildman–Crippen LogP) is 5.72. The minimum atomic E-state index is -0.598. The van der Waals surface area contributed by atoms with Crippen LogP contribution in [0.2, 0.25) is 0 Å². The van der Waals surface area contributed by atoms with Crippen molar-refractivity contribution in [2.75, 3.05) is 19.6 Å². The van der Waals surface area contributed by atoms with Crippen molar-refractivity contribution in [3.05, 3.63) is 78.2 Å². The highest BCUT2D eigenvalue weighted by molar-refractivity contribution is 5.98. The Morgan fingerprint density at radius 2 is 1.63 bits per heavy atom. The van der Waals surface area contributed by atoms with Crippen molar-refractivity contribution >= 4 is 12.0 Å². The van der Waals surface area contributed by atoms with Gasteiger partial charge in [0.1, 0.15) is 5.60 Å². The number of hydrogen-bond donors (Lipinski definition) is 1. The largest absolute Gasteiger partial charge is 0.444 e. The molecule has 0 radical (unpaired) electrons. The lowest BCUT2D eigenvalue weighted by Crippen LogP contribution is -2.58. The van der Waals surface area contributed by atoms with Crippen LogP contribution < -0.4 is 0 Å². The third kappa shape index (κ3) is 6.81. The van der Waals surface area contributed by atoms with Gasteiger partial charge in [0, 0.05) is 25.2 Å². The van der Waals surface area contributed by atoms with Gasteiger partial charge in [-0.15, -0.1) is 0 Å². The van der Waals surface area contributed by atoms with Gasteiger partial charge in [0.15, 0.2) is 5.69 Å². The molecule has 1 aliphatic heterocycles. The molecule has 3 aromatic rings. The van der Waals surface area contributed by atoms with Gasteiger partial charge in [-0.1, -0.05) is 79.9 Å². The van der Waals surface area contributed by atoms with Gasteiger partial charge in [-0.25, -0.2) is 9.78 Å². The first-order valence-corrected chi connectivity index (χ1v) is 14.8. The Morgan fingerprint density at radius 1 is 0.951 bits per heavy atom. The fourth-order valence-corrected chi connectivity index (χ4v) is 6.06. The van der Waals surface area contributed by atoms with Gasteiger partial charge in [-0.2, -0.15) is 0 Å². The number of nitrogens with zero attached hydrogens (tertiary/aromatic N) is 4. The summed E-state index contributed by atoms with van der Waals surface area (Å²) in [7, 11) is 0. The molecule has 8 nitrogen and oxygen atoms in total. The summed E-state index contributed by atoms with van der Waals surface area (Å²) in [6.45, 7) is 6.71. The maximum absolute atomic E-state index is 14.4. The first kappa shape index (κ1) is 28.9. The van der Waals surface area contributed by atoms with E-state index in [1.807, 2.05) is 90.9 Å². The average molecular weight is 559 g/mol. The van der Waals surface area contributed by atoms with Gasteiger partial charge in [0.25, 0.3) is 5.91 Å². The van der Waals surface area contributed by atoms with Crippen LogP contribution in [0, 0.1) is 0 Å². The molecule has 0 spiro atoms. The van der Waals surface area contributed by atoms with Crippen molar-refractivity contribution in [2.24, 2.45) is 0 Å². The van der Waals surface area contributed by atoms with E-state index in [2.05, 4.69) is 0 Å². The van der Waals surface area contributed by atoms with Crippen molar-refractivity contribution in [3.8, 4) is 11.3 Å². The monoisotopic (exact) mass is 558 g/mol. The third-order valence-corrected chi connectivity index (χ3v) is 8.05. The van der Waals surface area contributed by atoms with Crippen LogP contribution in [0.15, 0.2) is 67.0 Å². The van der Waals surface area contributed by atoms with Crippen LogP contribution in [0.5, 0.6) is 0 Å². The van der Waals surface area contributed by atoms with E-state index in [0.717, 1.165) is 48.9 Å². The van der Waals surface area contributed by atoms with Crippen LogP contribution in [0.1, 0.15) is 75.0 Å². The second-order valence-corrected chi connectivity index (χ2v) is 12.3. The standard InChI is InChI=1S/C33H42N4O4/c1-33(2,3)41-32(40)35-19-20-36(26(22-35)21-24-13-7-4-8-14-24)31(39)29-30(25-15-9-5-10-16-25)37(23-34-29)27-17-11-6-12-18-28(27)38/h4-5,7-10,13-16,23,26-28,38H,6,11-12,17-22H2,1-3H3/t26-,27?,28?/m1/s1. The number of piperazine rings is 1. The highest BCUT2D eigenvalue weighted by Crippen LogP contribution is 2.34. The number of benzene rings is 2. The number of rotatable bonds is 5. The average Bonchev–Trinajstić information content (AvgIpc) is 3.28. The number of aliphatic hydroxyl groups is 1. The number of imidazole rings is 1. The molecule has 41 heavy (non-hydrogen) atoms. The summed E-state index contributed by atoms with van der Waals surface area (Å²) in [6, 6.07) is 19.5. The highest BCUT2D eigenvalue weighted by atomic mass is 16.6. The topological polar surface area (TPSA) is 87.9 Å². The lowest BCUT2D eigenvalue weighted by atomic mass is 10.0. The van der Waals surface area contributed by atoms with Crippen LogP contribution in [0.3, 0.4) is 0 Å². The maximum Gasteiger partial charge on any atom is 0.410 e. The predicted molar refractivity (Wildman–Crippen MR) is 159 cm³/mol. The molecule has 1 saturated heterocycles. The van der Waals surface area contributed by atoms with Crippen LogP contribution >= 0.6 is 0 Å². The molecule has 1 N–H and O–H groups in total. The summed E-state index contributed by atoms with van der Waals surface area (Å²) in [6.07, 6.45) is 6.21. The molecule has 8 heteroatoms. The van der Waals surface area contributed by atoms with Crippen LogP contribution in [0.4, 0.5) is 4.79 Å². The molecule has 218 valence electrons. The number of ether oxygens (including phenoxy) is 1. The second kappa shape index (κ2) is 12.5. The number of aromatic nitrogens is 2. The first-order valence-electron chi connectivity index (χ1n) is 14.8. The van der Waals surface area contributed by atoms with E-state index in [0.29, 0.717) is 31.7 Å². The van der Waals surface area contributed by atoms with E-state index in [9.17, 15) is 14.7 Å². The van der Waals surface area contributed by atoms with Crippen molar-refractivity contribution in [3.63, 3.8) is 0 Å². The van der Waals surface area contributed by atoms with E-state index in [1.54, 1.807) is 11.2 Å². The van der Waals surface area contributed by atoms with Gasteiger partial charge >= 0.3 is 6.09 Å². The highest BCUT2D eigenvalue weighted by Gasteiger charge is 2.37. The fraction of sp³-hybridized carbons (Fsp3) is 0.485. The van der Waals surface area contributed by atoms with E-state index < -0.39 is 11.7 Å². The van der Waals surface area contributed by atoms with Crippen LogP contribution in [-0.4, -0.2) is 73.8 Å². The van der Waals surface area contributed by atoms with E-state index >= 15 is 0 Å². The third-order valence-electron chi connectivity index (χ3n) is 8.05. The molecular weight excluding hydrogens is 516 g/mol. The van der Waals surface area contributed by atoms with Crippen molar-refractivity contribution < 1.29 is 19.4 Å². The molecule has 2 fully saturated rings. The summed E-state index contributed by atoms with van der Waals surface area (Å²) in [5.74, 6) is -0.157. The zero-order chi connectivity index (χ0) is 29.0.